The van der Waals surface area contributed by atoms with Gasteiger partial charge in [-0.2, -0.15) is 26.3 Å². The number of aryl methyl sites for hydroxylation is 1. The quantitative estimate of drug-likeness (QED) is 0.491. The summed E-state index contributed by atoms with van der Waals surface area (Å²) in [5.41, 5.74) is -2.83. The van der Waals surface area contributed by atoms with Gasteiger partial charge in [0.15, 0.2) is 0 Å². The van der Waals surface area contributed by atoms with E-state index in [2.05, 4.69) is 0 Å². The zero-order valence-corrected chi connectivity index (χ0v) is 20.2. The molecule has 1 saturated heterocycles. The van der Waals surface area contributed by atoms with Crippen LogP contribution in [0, 0.1) is 12.7 Å². The minimum absolute atomic E-state index is 0.0403. The van der Waals surface area contributed by atoms with Crippen LogP contribution < -0.4 is 0 Å². The van der Waals surface area contributed by atoms with E-state index in [1.165, 1.54) is 37.3 Å². The molecule has 0 N–H and O–H groups in total. The first-order chi connectivity index (χ1) is 17.1. The summed E-state index contributed by atoms with van der Waals surface area (Å²) < 4.78 is 98.6. The van der Waals surface area contributed by atoms with Crippen LogP contribution in [0.4, 0.5) is 30.7 Å². The number of alkyl halides is 6. The monoisotopic (exact) mass is 534 g/mol. The largest absolute Gasteiger partial charge is 0.416 e. The van der Waals surface area contributed by atoms with Gasteiger partial charge in [-0.15, -0.1) is 0 Å². The van der Waals surface area contributed by atoms with Gasteiger partial charge < -0.3 is 14.5 Å². The highest BCUT2D eigenvalue weighted by Gasteiger charge is 2.40. The topological polar surface area (TPSA) is 49.9 Å². The van der Waals surface area contributed by atoms with Gasteiger partial charge in [-0.25, -0.2) is 4.39 Å². The molecule has 0 saturated carbocycles. The molecule has 12 heteroatoms. The molecule has 3 rings (SSSR count). The van der Waals surface area contributed by atoms with Crippen LogP contribution in [0.2, 0.25) is 0 Å². The van der Waals surface area contributed by atoms with E-state index >= 15 is 0 Å². The summed E-state index contributed by atoms with van der Waals surface area (Å²) in [7, 11) is 2.64. The first kappa shape index (κ1) is 28.4. The summed E-state index contributed by atoms with van der Waals surface area (Å²) in [6.07, 6.45) is -10.0. The molecule has 1 aliphatic heterocycles. The minimum Gasteiger partial charge on any atom is -0.375 e. The Bertz CT molecular complexity index is 1130. The van der Waals surface area contributed by atoms with Crippen molar-refractivity contribution in [3.8, 4) is 0 Å². The number of piperidine rings is 1. The number of methoxy groups -OCH3 is 1. The van der Waals surface area contributed by atoms with Crippen molar-refractivity contribution >= 4 is 11.8 Å². The minimum atomic E-state index is -5.10. The second-order valence-electron chi connectivity index (χ2n) is 8.95. The van der Waals surface area contributed by atoms with Gasteiger partial charge in [-0.05, 0) is 54.8 Å². The van der Waals surface area contributed by atoms with Crippen LogP contribution in [0.5, 0.6) is 0 Å². The third-order valence-corrected chi connectivity index (χ3v) is 6.48. The van der Waals surface area contributed by atoms with Crippen molar-refractivity contribution in [3.05, 3.63) is 70.0 Å². The van der Waals surface area contributed by atoms with Gasteiger partial charge in [-0.1, -0.05) is 6.07 Å². The van der Waals surface area contributed by atoms with E-state index in [-0.39, 0.29) is 38.1 Å². The number of nitrogens with zero attached hydrogens (tertiary/aromatic N) is 2. The molecule has 0 spiro atoms. The molecule has 5 nitrogen and oxygen atoms in total. The maximum Gasteiger partial charge on any atom is 0.416 e. The van der Waals surface area contributed by atoms with Crippen LogP contribution in [0.1, 0.15) is 45.0 Å². The van der Waals surface area contributed by atoms with Crippen molar-refractivity contribution in [2.45, 2.75) is 37.7 Å². The molecule has 2 aromatic rings. The number of hydrogen-bond donors (Lipinski definition) is 0. The van der Waals surface area contributed by atoms with E-state index in [0.29, 0.717) is 23.3 Å². The third kappa shape index (κ3) is 6.41. The number of likely N-dealkylation sites (N-methyl/N-ethyl adjacent to an activating group) is 1. The lowest BCUT2D eigenvalue weighted by Crippen LogP contribution is -2.52. The lowest BCUT2D eigenvalue weighted by atomic mass is 9.82. The van der Waals surface area contributed by atoms with E-state index in [4.69, 9.17) is 4.74 Å². The number of halogens is 7. The zero-order chi connectivity index (χ0) is 27.7. The van der Waals surface area contributed by atoms with Crippen LogP contribution in [-0.4, -0.2) is 61.5 Å². The highest BCUT2D eigenvalue weighted by molar-refractivity contribution is 5.95. The van der Waals surface area contributed by atoms with Crippen molar-refractivity contribution in [3.63, 3.8) is 0 Å². The van der Waals surface area contributed by atoms with Crippen molar-refractivity contribution in [2.75, 3.05) is 33.9 Å². The Labute approximate surface area is 208 Å². The number of amides is 2. The lowest BCUT2D eigenvalue weighted by molar-refractivity contribution is -0.143. The smallest absolute Gasteiger partial charge is 0.375 e. The van der Waals surface area contributed by atoms with Crippen LogP contribution in [0.3, 0.4) is 0 Å². The molecule has 202 valence electrons. The molecule has 0 aliphatic carbocycles. The van der Waals surface area contributed by atoms with Crippen LogP contribution in [0.15, 0.2) is 36.4 Å². The second kappa shape index (κ2) is 10.7. The maximum absolute atomic E-state index is 13.8. The Morgan fingerprint density at radius 2 is 1.62 bits per heavy atom. The fraction of sp³-hybridized carbons (Fsp3) is 0.440. The molecule has 37 heavy (non-hydrogen) atoms. The van der Waals surface area contributed by atoms with Gasteiger partial charge in [0, 0.05) is 44.8 Å². The molecule has 0 radical (unpaired) electrons. The SMILES string of the molecule is COCC(=O)N1CC[C@@H](N(C)C(=O)c2cc(C(F)(F)F)cc(C(F)(F)F)c2)[C@H](c2ccc(F)cc2C)C1. The average molecular weight is 534 g/mol. The predicted molar refractivity (Wildman–Crippen MR) is 119 cm³/mol. The fourth-order valence-corrected chi connectivity index (χ4v) is 4.64. The van der Waals surface area contributed by atoms with E-state index < -0.39 is 52.7 Å². The third-order valence-electron chi connectivity index (χ3n) is 6.48. The fourth-order valence-electron chi connectivity index (χ4n) is 4.64. The zero-order valence-electron chi connectivity index (χ0n) is 20.2. The van der Waals surface area contributed by atoms with Crippen molar-refractivity contribution in [1.82, 2.24) is 9.80 Å². The highest BCUT2D eigenvalue weighted by atomic mass is 19.4. The van der Waals surface area contributed by atoms with Crippen molar-refractivity contribution in [1.29, 1.82) is 0 Å². The van der Waals surface area contributed by atoms with Crippen molar-refractivity contribution in [2.24, 2.45) is 0 Å². The van der Waals surface area contributed by atoms with E-state index in [1.807, 2.05) is 0 Å². The molecule has 1 fully saturated rings. The molecule has 1 aliphatic rings. The Morgan fingerprint density at radius 3 is 2.14 bits per heavy atom. The number of ether oxygens (including phenoxy) is 1. The summed E-state index contributed by atoms with van der Waals surface area (Å²) >= 11 is 0. The molecule has 2 atom stereocenters. The van der Waals surface area contributed by atoms with Crippen LogP contribution >= 0.6 is 0 Å². The lowest BCUT2D eigenvalue weighted by Gasteiger charge is -2.43. The summed E-state index contributed by atoms with van der Waals surface area (Å²) in [4.78, 5) is 28.3. The second-order valence-corrected chi connectivity index (χ2v) is 8.95. The maximum atomic E-state index is 13.8. The Balaban J connectivity index is 2.02. The van der Waals surface area contributed by atoms with Gasteiger partial charge in [0.2, 0.25) is 5.91 Å². The summed E-state index contributed by atoms with van der Waals surface area (Å²) in [5.74, 6) is -2.46. The number of likely N-dealkylation sites (tertiary alicyclic amines) is 1. The predicted octanol–water partition coefficient (Wildman–Crippen LogP) is 5.27. The molecule has 0 bridgehead atoms. The molecular formula is C25H25F7N2O3. The molecule has 0 aromatic heterocycles. The number of hydrogen-bond acceptors (Lipinski definition) is 3. The molecule has 1 heterocycles. The molecular weight excluding hydrogens is 509 g/mol. The average Bonchev–Trinajstić information content (AvgIpc) is 2.81. The number of carbonyl (C=O) groups is 2. The summed E-state index contributed by atoms with van der Waals surface area (Å²) in [5, 5.41) is 0. The first-order valence-corrected chi connectivity index (χ1v) is 11.2. The number of rotatable bonds is 5. The number of carbonyl (C=O) groups excluding carboxylic acids is 2. The Hall–Kier alpha value is -3.15. The normalized spacial score (nSPS) is 18.6. The van der Waals surface area contributed by atoms with E-state index in [9.17, 15) is 40.3 Å². The summed E-state index contributed by atoms with van der Waals surface area (Å²) in [6.45, 7) is 1.71. The van der Waals surface area contributed by atoms with E-state index in [0.717, 1.165) is 4.90 Å². The van der Waals surface area contributed by atoms with Crippen molar-refractivity contribution < 1.29 is 45.1 Å². The van der Waals surface area contributed by atoms with Gasteiger partial charge in [-0.3, -0.25) is 9.59 Å². The Morgan fingerprint density at radius 1 is 1.03 bits per heavy atom. The van der Waals surface area contributed by atoms with Gasteiger partial charge in [0.1, 0.15) is 12.4 Å². The van der Waals surface area contributed by atoms with Crippen LogP contribution in [0.25, 0.3) is 0 Å². The number of benzene rings is 2. The molecule has 0 unspecified atom stereocenters. The van der Waals surface area contributed by atoms with Crippen LogP contribution in [-0.2, 0) is 21.9 Å². The molecule has 2 amide bonds. The van der Waals surface area contributed by atoms with E-state index in [1.54, 1.807) is 6.92 Å². The molecule has 2 aromatic carbocycles. The van der Waals surface area contributed by atoms with Gasteiger partial charge in [0.25, 0.3) is 5.91 Å². The van der Waals surface area contributed by atoms with Gasteiger partial charge >= 0.3 is 12.4 Å². The first-order valence-electron chi connectivity index (χ1n) is 11.2. The Kier molecular flexibility index (Phi) is 8.21. The standard InChI is InChI=1S/C25H25F7N2O3/c1-14-8-18(26)4-5-19(14)20-12-34(22(35)13-37-3)7-6-21(20)33(2)23(36)15-9-16(24(27,28)29)11-17(10-15)25(30,31)32/h4-5,8-11,20-21H,6-7,12-13H2,1-3H3/t20-,21+/m0/s1. The van der Waals surface area contributed by atoms with Gasteiger partial charge in [0.05, 0.1) is 11.1 Å². The summed E-state index contributed by atoms with van der Waals surface area (Å²) in [6, 6.07) is 4.02. The highest BCUT2D eigenvalue weighted by Crippen LogP contribution is 2.38.